The Morgan fingerprint density at radius 1 is 1.44 bits per heavy atom. The molecule has 0 amide bonds. The first-order valence-electron chi connectivity index (χ1n) is 6.34. The summed E-state index contributed by atoms with van der Waals surface area (Å²) in [5.41, 5.74) is 5.61. The van der Waals surface area contributed by atoms with E-state index in [0.29, 0.717) is 0 Å². The van der Waals surface area contributed by atoms with E-state index in [9.17, 15) is 13.2 Å². The van der Waals surface area contributed by atoms with Gasteiger partial charge in [-0.25, -0.2) is 13.1 Å². The van der Waals surface area contributed by atoms with Gasteiger partial charge in [-0.1, -0.05) is 12.8 Å². The molecule has 0 bridgehead atoms. The zero-order valence-electron chi connectivity index (χ0n) is 10.7. The fourth-order valence-electron chi connectivity index (χ4n) is 2.33. The highest BCUT2D eigenvalue weighted by Gasteiger charge is 2.28. The van der Waals surface area contributed by atoms with E-state index in [1.807, 2.05) is 0 Å². The fourth-order valence-corrected chi connectivity index (χ4v) is 3.55. The molecular formula is C11H22N2O4S. The van der Waals surface area contributed by atoms with Gasteiger partial charge in [-0.15, -0.1) is 0 Å². The minimum Gasteiger partial charge on any atom is -0.465 e. The molecule has 1 atom stereocenters. The van der Waals surface area contributed by atoms with Crippen molar-refractivity contribution in [3.8, 4) is 0 Å². The quantitative estimate of drug-likeness (QED) is 0.638. The van der Waals surface area contributed by atoms with Crippen molar-refractivity contribution in [2.75, 3.05) is 18.9 Å². The number of rotatable bonds is 7. The summed E-state index contributed by atoms with van der Waals surface area (Å²) in [7, 11) is -3.66. The van der Waals surface area contributed by atoms with Crippen molar-refractivity contribution >= 4 is 16.0 Å². The second-order valence-electron chi connectivity index (χ2n) is 4.57. The highest BCUT2D eigenvalue weighted by molar-refractivity contribution is 7.90. The minimum atomic E-state index is -3.66. The molecule has 0 aromatic heterocycles. The van der Waals surface area contributed by atoms with Crippen LogP contribution in [-0.4, -0.2) is 39.3 Å². The highest BCUT2D eigenvalue weighted by Crippen LogP contribution is 2.27. The molecule has 7 heteroatoms. The summed E-state index contributed by atoms with van der Waals surface area (Å²) in [5.74, 6) is -1.08. The average Bonchev–Trinajstić information content (AvgIpc) is 2.78. The van der Waals surface area contributed by atoms with E-state index in [0.717, 1.165) is 25.7 Å². The van der Waals surface area contributed by atoms with Crippen molar-refractivity contribution in [3.05, 3.63) is 0 Å². The van der Waals surface area contributed by atoms with Gasteiger partial charge in [0.25, 0.3) is 0 Å². The van der Waals surface area contributed by atoms with Crippen LogP contribution in [0.25, 0.3) is 0 Å². The van der Waals surface area contributed by atoms with Crippen LogP contribution in [0.1, 0.15) is 32.6 Å². The van der Waals surface area contributed by atoms with Crippen LogP contribution < -0.4 is 10.5 Å². The maximum absolute atomic E-state index is 11.8. The third kappa shape index (κ3) is 4.91. The molecule has 1 saturated carbocycles. The number of carbonyl (C=O) groups is 1. The summed E-state index contributed by atoms with van der Waals surface area (Å²) in [5, 5.41) is 0. The Bertz CT molecular complexity index is 363. The Kier molecular flexibility index (Phi) is 6.04. The Balaban J connectivity index is 2.54. The molecular weight excluding hydrogens is 256 g/mol. The van der Waals surface area contributed by atoms with Crippen LogP contribution >= 0.6 is 0 Å². The number of esters is 1. The first kappa shape index (κ1) is 15.4. The van der Waals surface area contributed by atoms with Crippen molar-refractivity contribution in [1.29, 1.82) is 0 Å². The molecule has 1 unspecified atom stereocenters. The molecule has 1 aliphatic rings. The Morgan fingerprint density at radius 3 is 2.56 bits per heavy atom. The number of nitrogens with one attached hydrogen (secondary N) is 1. The van der Waals surface area contributed by atoms with Gasteiger partial charge in [0.05, 0.1) is 6.61 Å². The molecule has 0 heterocycles. The summed E-state index contributed by atoms with van der Waals surface area (Å²) in [6.45, 7) is 2.07. The smallest absolute Gasteiger partial charge is 0.322 e. The number of nitrogens with two attached hydrogens (primary N) is 1. The van der Waals surface area contributed by atoms with E-state index < -0.39 is 21.7 Å². The zero-order chi connectivity index (χ0) is 13.6. The Labute approximate surface area is 108 Å². The van der Waals surface area contributed by atoms with Crippen molar-refractivity contribution in [3.63, 3.8) is 0 Å². The summed E-state index contributed by atoms with van der Waals surface area (Å²) >= 11 is 0. The molecule has 0 spiro atoms. The van der Waals surface area contributed by atoms with Gasteiger partial charge in [0.1, 0.15) is 0 Å². The van der Waals surface area contributed by atoms with Crippen LogP contribution in [0, 0.1) is 5.92 Å². The zero-order valence-corrected chi connectivity index (χ0v) is 11.5. The van der Waals surface area contributed by atoms with Gasteiger partial charge in [0.2, 0.25) is 10.0 Å². The monoisotopic (exact) mass is 278 g/mol. The van der Waals surface area contributed by atoms with Gasteiger partial charge >= 0.3 is 5.97 Å². The summed E-state index contributed by atoms with van der Waals surface area (Å²) in [4.78, 5) is 11.2. The number of ether oxygens (including phenoxy) is 1. The van der Waals surface area contributed by atoms with Crippen LogP contribution in [0.2, 0.25) is 0 Å². The Morgan fingerprint density at radius 2 is 2.06 bits per heavy atom. The SMILES string of the molecule is CCOC(=O)CS(=O)(=O)NC(CN)C1CCCC1. The first-order valence-corrected chi connectivity index (χ1v) is 7.99. The number of hydrogen-bond donors (Lipinski definition) is 2. The van der Waals surface area contributed by atoms with Crippen molar-refractivity contribution in [2.45, 2.75) is 38.6 Å². The van der Waals surface area contributed by atoms with Crippen molar-refractivity contribution in [1.82, 2.24) is 4.72 Å². The molecule has 106 valence electrons. The van der Waals surface area contributed by atoms with Crippen LogP contribution in [0.3, 0.4) is 0 Å². The van der Waals surface area contributed by atoms with Gasteiger partial charge < -0.3 is 10.5 Å². The molecule has 3 N–H and O–H groups in total. The number of hydrogen-bond acceptors (Lipinski definition) is 5. The topological polar surface area (TPSA) is 98.5 Å². The molecule has 6 nitrogen and oxygen atoms in total. The highest BCUT2D eigenvalue weighted by atomic mass is 32.2. The van der Waals surface area contributed by atoms with Crippen molar-refractivity contribution < 1.29 is 17.9 Å². The maximum Gasteiger partial charge on any atom is 0.322 e. The van der Waals surface area contributed by atoms with E-state index in [2.05, 4.69) is 9.46 Å². The summed E-state index contributed by atoms with van der Waals surface area (Å²) in [6, 6.07) is -0.271. The maximum atomic E-state index is 11.8. The van der Waals surface area contributed by atoms with Crippen LogP contribution in [0.4, 0.5) is 0 Å². The predicted molar refractivity (Wildman–Crippen MR) is 68.4 cm³/mol. The molecule has 0 aromatic carbocycles. The van der Waals surface area contributed by atoms with E-state index in [1.54, 1.807) is 6.92 Å². The summed E-state index contributed by atoms with van der Waals surface area (Å²) < 4.78 is 30.7. The van der Waals surface area contributed by atoms with Gasteiger partial charge in [0.15, 0.2) is 5.75 Å². The lowest BCUT2D eigenvalue weighted by molar-refractivity contribution is -0.139. The second-order valence-corrected chi connectivity index (χ2v) is 6.32. The first-order chi connectivity index (χ1) is 8.48. The number of carbonyl (C=O) groups excluding carboxylic acids is 1. The molecule has 1 fully saturated rings. The standard InChI is InChI=1S/C11H22N2O4S/c1-2-17-11(14)8-18(15,16)13-10(7-12)9-5-3-4-6-9/h9-10,13H,2-8,12H2,1H3. The third-order valence-corrected chi connectivity index (χ3v) is 4.44. The molecule has 0 radical (unpaired) electrons. The van der Waals surface area contributed by atoms with Crippen LogP contribution in [0.5, 0.6) is 0 Å². The molecule has 18 heavy (non-hydrogen) atoms. The minimum absolute atomic E-state index is 0.178. The van der Waals surface area contributed by atoms with Gasteiger partial charge in [0, 0.05) is 12.6 Å². The molecule has 0 aromatic rings. The van der Waals surface area contributed by atoms with E-state index in [1.165, 1.54) is 0 Å². The largest absolute Gasteiger partial charge is 0.465 e. The molecule has 1 rings (SSSR count). The van der Waals surface area contributed by atoms with Gasteiger partial charge in [-0.3, -0.25) is 4.79 Å². The normalized spacial score (nSPS) is 18.8. The van der Waals surface area contributed by atoms with E-state index in [4.69, 9.17) is 5.73 Å². The summed E-state index contributed by atoms with van der Waals surface area (Å²) in [6.07, 6.45) is 4.20. The fraction of sp³-hybridized carbons (Fsp3) is 0.909. The molecule has 0 saturated heterocycles. The van der Waals surface area contributed by atoms with Gasteiger partial charge in [-0.05, 0) is 25.7 Å². The lowest BCUT2D eigenvalue weighted by Crippen LogP contribution is -2.46. The predicted octanol–water partition coefficient (Wildman–Crippen LogP) is -0.0136. The molecule has 1 aliphatic carbocycles. The van der Waals surface area contributed by atoms with E-state index >= 15 is 0 Å². The van der Waals surface area contributed by atoms with Crippen molar-refractivity contribution in [2.24, 2.45) is 11.7 Å². The van der Waals surface area contributed by atoms with E-state index in [-0.39, 0.29) is 25.1 Å². The lowest BCUT2D eigenvalue weighted by Gasteiger charge is -2.22. The lowest BCUT2D eigenvalue weighted by atomic mass is 9.99. The third-order valence-electron chi connectivity index (χ3n) is 3.17. The number of sulfonamides is 1. The average molecular weight is 278 g/mol. The Hall–Kier alpha value is -0.660. The second kappa shape index (κ2) is 7.06. The van der Waals surface area contributed by atoms with Gasteiger partial charge in [-0.2, -0.15) is 0 Å². The molecule has 0 aliphatic heterocycles. The van der Waals surface area contributed by atoms with Crippen LogP contribution in [-0.2, 0) is 19.6 Å². The van der Waals surface area contributed by atoms with Crippen LogP contribution in [0.15, 0.2) is 0 Å².